The molecule has 6 heteroatoms. The highest BCUT2D eigenvalue weighted by Gasteiger charge is 2.16. The fourth-order valence-corrected chi connectivity index (χ4v) is 2.09. The van der Waals surface area contributed by atoms with Gasteiger partial charge in [-0.1, -0.05) is 18.2 Å². The molecule has 0 aliphatic rings. The van der Waals surface area contributed by atoms with E-state index in [0.29, 0.717) is 0 Å². The molecule has 2 N–H and O–H groups in total. The van der Waals surface area contributed by atoms with Crippen LogP contribution in [0.5, 0.6) is 0 Å². The minimum absolute atomic E-state index is 0.0327. The van der Waals surface area contributed by atoms with Crippen LogP contribution in [-0.2, 0) is 0 Å². The van der Waals surface area contributed by atoms with E-state index in [9.17, 15) is 14.0 Å². The third kappa shape index (κ3) is 2.85. The lowest BCUT2D eigenvalue weighted by molar-refractivity contribution is 0.0698. The fourth-order valence-electron chi connectivity index (χ4n) is 1.65. The predicted molar refractivity (Wildman–Crippen MR) is 75.5 cm³/mol. The average molecular weight is 338 g/mol. The lowest BCUT2D eigenvalue weighted by Gasteiger charge is -2.09. The number of carbonyl (C=O) groups excluding carboxylic acids is 1. The fraction of sp³-hybridized carbons (Fsp3) is 0. The van der Waals surface area contributed by atoms with Crippen LogP contribution in [0.1, 0.15) is 20.7 Å². The molecule has 0 radical (unpaired) electrons. The summed E-state index contributed by atoms with van der Waals surface area (Å²) < 4.78 is 13.4. The maximum absolute atomic E-state index is 13.4. The second-order valence-electron chi connectivity index (χ2n) is 3.91. The Balaban J connectivity index is 2.33. The Kier molecular flexibility index (Phi) is 4.14. The summed E-state index contributed by atoms with van der Waals surface area (Å²) in [4.78, 5) is 23.1. The van der Waals surface area contributed by atoms with Crippen molar-refractivity contribution < 1.29 is 19.1 Å². The van der Waals surface area contributed by atoms with Crippen molar-refractivity contribution in [2.24, 2.45) is 0 Å². The molecule has 102 valence electrons. The number of para-hydroxylation sites is 1. The van der Waals surface area contributed by atoms with E-state index in [1.54, 1.807) is 12.1 Å². The standard InChI is InChI=1S/C14H9BrFNO3/c15-12-9(5-3-6-10(12)16)13(18)17-11-7-2-1-4-8(11)14(19)20/h1-7H,(H,17,18)(H,19,20). The maximum Gasteiger partial charge on any atom is 0.337 e. The van der Waals surface area contributed by atoms with Crippen molar-refractivity contribution in [2.45, 2.75) is 0 Å². The smallest absolute Gasteiger partial charge is 0.337 e. The zero-order chi connectivity index (χ0) is 14.7. The van der Waals surface area contributed by atoms with Crippen LogP contribution in [0.2, 0.25) is 0 Å². The van der Waals surface area contributed by atoms with E-state index >= 15 is 0 Å². The summed E-state index contributed by atoms with van der Waals surface area (Å²) >= 11 is 2.99. The van der Waals surface area contributed by atoms with Crippen molar-refractivity contribution in [2.75, 3.05) is 5.32 Å². The number of hydrogen-bond donors (Lipinski definition) is 2. The van der Waals surface area contributed by atoms with Crippen molar-refractivity contribution in [1.29, 1.82) is 0 Å². The quantitative estimate of drug-likeness (QED) is 0.900. The number of carboxylic acids is 1. The average Bonchev–Trinajstić information content (AvgIpc) is 2.42. The van der Waals surface area contributed by atoms with Crippen LogP contribution < -0.4 is 5.32 Å². The van der Waals surface area contributed by atoms with Crippen LogP contribution in [-0.4, -0.2) is 17.0 Å². The van der Waals surface area contributed by atoms with Crippen molar-refractivity contribution in [1.82, 2.24) is 0 Å². The van der Waals surface area contributed by atoms with Gasteiger partial charge in [0.25, 0.3) is 5.91 Å². The zero-order valence-corrected chi connectivity index (χ0v) is 11.6. The summed E-state index contributed by atoms with van der Waals surface area (Å²) in [5, 5.41) is 11.5. The van der Waals surface area contributed by atoms with Gasteiger partial charge in [0.1, 0.15) is 5.82 Å². The minimum atomic E-state index is -1.15. The van der Waals surface area contributed by atoms with Gasteiger partial charge in [-0.05, 0) is 40.2 Å². The highest BCUT2D eigenvalue weighted by atomic mass is 79.9. The molecule has 0 spiro atoms. The summed E-state index contributed by atoms with van der Waals surface area (Å²) in [5.74, 6) is -2.31. The largest absolute Gasteiger partial charge is 0.478 e. The minimum Gasteiger partial charge on any atom is -0.478 e. The number of hydrogen-bond acceptors (Lipinski definition) is 2. The van der Waals surface area contributed by atoms with Gasteiger partial charge in [0.15, 0.2) is 0 Å². The summed E-state index contributed by atoms with van der Waals surface area (Å²) in [6, 6.07) is 10.0. The van der Waals surface area contributed by atoms with Crippen molar-refractivity contribution in [3.05, 3.63) is 63.9 Å². The molecule has 0 heterocycles. The number of aromatic carboxylic acids is 1. The normalized spacial score (nSPS) is 10.1. The molecular formula is C14H9BrFNO3. The molecule has 2 rings (SSSR count). The summed E-state index contributed by atoms with van der Waals surface area (Å²) in [7, 11) is 0. The molecule has 0 bridgehead atoms. The number of rotatable bonds is 3. The number of nitrogens with one attached hydrogen (secondary N) is 1. The van der Waals surface area contributed by atoms with Crippen LogP contribution in [0.25, 0.3) is 0 Å². The Morgan fingerprint density at radius 3 is 2.40 bits per heavy atom. The van der Waals surface area contributed by atoms with Crippen LogP contribution in [0.4, 0.5) is 10.1 Å². The Bertz CT molecular complexity index is 688. The molecule has 0 saturated heterocycles. The van der Waals surface area contributed by atoms with Crippen molar-refractivity contribution in [3.8, 4) is 0 Å². The second-order valence-corrected chi connectivity index (χ2v) is 4.70. The molecule has 4 nitrogen and oxygen atoms in total. The van der Waals surface area contributed by atoms with Gasteiger partial charge < -0.3 is 10.4 Å². The molecule has 0 fully saturated rings. The number of carbonyl (C=O) groups is 2. The third-order valence-electron chi connectivity index (χ3n) is 2.60. The van der Waals surface area contributed by atoms with Crippen molar-refractivity contribution >= 4 is 33.5 Å². The Morgan fingerprint density at radius 2 is 1.70 bits per heavy atom. The summed E-state index contributed by atoms with van der Waals surface area (Å²) in [5.41, 5.74) is 0.208. The van der Waals surface area contributed by atoms with Gasteiger partial charge in [-0.3, -0.25) is 4.79 Å². The first-order valence-corrected chi connectivity index (χ1v) is 6.37. The van der Waals surface area contributed by atoms with Crippen LogP contribution >= 0.6 is 15.9 Å². The number of benzene rings is 2. The SMILES string of the molecule is O=C(O)c1ccccc1NC(=O)c1cccc(F)c1Br. The maximum atomic E-state index is 13.4. The van der Waals surface area contributed by atoms with Gasteiger partial charge in [0.2, 0.25) is 0 Å². The molecule has 0 aliphatic heterocycles. The first kappa shape index (κ1) is 14.2. The van der Waals surface area contributed by atoms with E-state index in [1.165, 1.54) is 30.3 Å². The Morgan fingerprint density at radius 1 is 1.05 bits per heavy atom. The zero-order valence-electron chi connectivity index (χ0n) is 10.1. The van der Waals surface area contributed by atoms with E-state index in [1.807, 2.05) is 0 Å². The van der Waals surface area contributed by atoms with Gasteiger partial charge in [0.05, 0.1) is 21.3 Å². The van der Waals surface area contributed by atoms with E-state index in [2.05, 4.69) is 21.2 Å². The highest BCUT2D eigenvalue weighted by molar-refractivity contribution is 9.10. The van der Waals surface area contributed by atoms with Crippen molar-refractivity contribution in [3.63, 3.8) is 0 Å². The van der Waals surface area contributed by atoms with Crippen LogP contribution in [0, 0.1) is 5.82 Å². The highest BCUT2D eigenvalue weighted by Crippen LogP contribution is 2.22. The Labute approximate surface area is 122 Å². The number of carboxylic acid groups (broad SMARTS) is 1. The molecule has 0 unspecified atom stereocenters. The lowest BCUT2D eigenvalue weighted by atomic mass is 10.1. The summed E-state index contributed by atoms with van der Waals surface area (Å²) in [6.45, 7) is 0. The molecule has 0 atom stereocenters. The summed E-state index contributed by atoms with van der Waals surface area (Å²) in [6.07, 6.45) is 0. The van der Waals surface area contributed by atoms with E-state index in [-0.39, 0.29) is 21.3 Å². The molecular weight excluding hydrogens is 329 g/mol. The molecule has 0 saturated carbocycles. The molecule has 0 aliphatic carbocycles. The van der Waals surface area contributed by atoms with E-state index in [4.69, 9.17) is 5.11 Å². The molecule has 2 aromatic carbocycles. The van der Waals surface area contributed by atoms with E-state index < -0.39 is 17.7 Å². The van der Waals surface area contributed by atoms with Gasteiger partial charge >= 0.3 is 5.97 Å². The van der Waals surface area contributed by atoms with Gasteiger partial charge in [-0.2, -0.15) is 0 Å². The van der Waals surface area contributed by atoms with E-state index in [0.717, 1.165) is 0 Å². The lowest BCUT2D eigenvalue weighted by Crippen LogP contribution is -2.15. The molecule has 20 heavy (non-hydrogen) atoms. The third-order valence-corrected chi connectivity index (χ3v) is 3.41. The Hall–Kier alpha value is -2.21. The first-order valence-electron chi connectivity index (χ1n) is 5.58. The van der Waals surface area contributed by atoms with Gasteiger partial charge in [0, 0.05) is 0 Å². The first-order chi connectivity index (χ1) is 9.50. The number of halogens is 2. The number of amides is 1. The van der Waals surface area contributed by atoms with Crippen LogP contribution in [0.15, 0.2) is 46.9 Å². The molecule has 1 amide bonds. The predicted octanol–water partition coefficient (Wildman–Crippen LogP) is 3.54. The van der Waals surface area contributed by atoms with Gasteiger partial charge in [-0.25, -0.2) is 9.18 Å². The second kappa shape index (κ2) is 5.83. The molecule has 0 aromatic heterocycles. The topological polar surface area (TPSA) is 66.4 Å². The number of anilines is 1. The van der Waals surface area contributed by atoms with Crippen LogP contribution in [0.3, 0.4) is 0 Å². The van der Waals surface area contributed by atoms with Gasteiger partial charge in [-0.15, -0.1) is 0 Å². The monoisotopic (exact) mass is 337 g/mol. The molecule has 2 aromatic rings.